The second-order valence-corrected chi connectivity index (χ2v) is 8.00. The molecule has 4 aromatic rings. The zero-order valence-corrected chi connectivity index (χ0v) is 18.7. The van der Waals surface area contributed by atoms with E-state index in [0.717, 1.165) is 23.2 Å². The van der Waals surface area contributed by atoms with Crippen LogP contribution in [0, 0.1) is 0 Å². The molecule has 7 nitrogen and oxygen atoms in total. The minimum absolute atomic E-state index is 0.140. The molecule has 0 saturated heterocycles. The number of para-hydroxylation sites is 1. The Balaban J connectivity index is 1.39. The molecule has 0 spiro atoms. The van der Waals surface area contributed by atoms with Crippen LogP contribution >= 0.6 is 0 Å². The highest BCUT2D eigenvalue weighted by Crippen LogP contribution is 2.31. The predicted molar refractivity (Wildman–Crippen MR) is 132 cm³/mol. The van der Waals surface area contributed by atoms with Crippen LogP contribution < -0.4 is 15.5 Å². The van der Waals surface area contributed by atoms with Crippen molar-refractivity contribution < 1.29 is 9.59 Å². The number of carbonyl (C=O) groups excluding carboxylic acids is 2. The normalized spacial score (nSPS) is 12.2. The minimum Gasteiger partial charge on any atom is -0.372 e. The van der Waals surface area contributed by atoms with E-state index in [2.05, 4.69) is 38.8 Å². The summed E-state index contributed by atoms with van der Waals surface area (Å²) in [5.74, 6) is 0.363. The number of nitrogens with one attached hydrogen (secondary N) is 2. The second-order valence-electron chi connectivity index (χ2n) is 8.00. The van der Waals surface area contributed by atoms with Gasteiger partial charge in [-0.25, -0.2) is 9.97 Å². The fourth-order valence-electron chi connectivity index (χ4n) is 4.17. The van der Waals surface area contributed by atoms with Gasteiger partial charge in [0.25, 0.3) is 11.8 Å². The van der Waals surface area contributed by atoms with Gasteiger partial charge in [-0.15, -0.1) is 0 Å². The third-order valence-electron chi connectivity index (χ3n) is 5.90. The first-order valence-corrected chi connectivity index (χ1v) is 11.0. The fourth-order valence-corrected chi connectivity index (χ4v) is 4.17. The molecule has 2 N–H and O–H groups in total. The lowest BCUT2D eigenvalue weighted by molar-refractivity contribution is 0.0984. The van der Waals surface area contributed by atoms with Crippen LogP contribution in [0.25, 0.3) is 0 Å². The standard InChI is InChI=1S/C27H23N5O2/c1-28-25-22(10-6-14-29-25)26(33)31-24-13-12-20(16-30-24)27(34)32-17-21-9-3-2-7-18(21)15-19-8-4-5-11-23(19)32/h2-14,16H,15,17H2,1H3,(H,28,29)(H,30,31,33). The van der Waals surface area contributed by atoms with Gasteiger partial charge in [-0.05, 0) is 53.4 Å². The molecule has 0 fully saturated rings. The number of carbonyl (C=O) groups is 2. The molecule has 3 heterocycles. The topological polar surface area (TPSA) is 87.2 Å². The first kappa shape index (κ1) is 21.3. The molecular formula is C27H23N5O2. The van der Waals surface area contributed by atoms with Crippen molar-refractivity contribution in [2.24, 2.45) is 0 Å². The molecule has 2 aromatic carbocycles. The Hall–Kier alpha value is -4.52. The SMILES string of the molecule is CNc1ncccc1C(=O)Nc1ccc(C(=O)N2Cc3ccccc3Cc3ccccc32)cn1. The van der Waals surface area contributed by atoms with E-state index in [1.165, 1.54) is 11.8 Å². The summed E-state index contributed by atoms with van der Waals surface area (Å²) in [5, 5.41) is 5.66. The Morgan fingerprint density at radius 3 is 2.38 bits per heavy atom. The molecule has 0 radical (unpaired) electrons. The van der Waals surface area contributed by atoms with E-state index in [9.17, 15) is 9.59 Å². The molecule has 2 aromatic heterocycles. The average molecular weight is 450 g/mol. The first-order valence-electron chi connectivity index (χ1n) is 11.0. The molecule has 0 bridgehead atoms. The molecule has 0 unspecified atom stereocenters. The van der Waals surface area contributed by atoms with E-state index in [1.54, 1.807) is 42.4 Å². The maximum atomic E-state index is 13.5. The Bertz CT molecular complexity index is 1370. The number of nitrogens with zero attached hydrogens (tertiary/aromatic N) is 3. The number of benzene rings is 2. The summed E-state index contributed by atoms with van der Waals surface area (Å²) in [7, 11) is 1.71. The van der Waals surface area contributed by atoms with Crippen molar-refractivity contribution >= 4 is 29.1 Å². The quantitative estimate of drug-likeness (QED) is 0.478. The van der Waals surface area contributed by atoms with Crippen molar-refractivity contribution in [2.75, 3.05) is 22.6 Å². The van der Waals surface area contributed by atoms with Gasteiger partial charge >= 0.3 is 0 Å². The van der Waals surface area contributed by atoms with Gasteiger partial charge in [0.2, 0.25) is 0 Å². The monoisotopic (exact) mass is 449 g/mol. The molecule has 1 aliphatic rings. The predicted octanol–water partition coefficient (Wildman–Crippen LogP) is 4.52. The maximum absolute atomic E-state index is 13.5. The van der Waals surface area contributed by atoms with Gasteiger partial charge in [-0.1, -0.05) is 42.5 Å². The van der Waals surface area contributed by atoms with E-state index in [-0.39, 0.29) is 11.8 Å². The number of aromatic nitrogens is 2. The van der Waals surface area contributed by atoms with Gasteiger partial charge in [-0.3, -0.25) is 9.59 Å². The summed E-state index contributed by atoms with van der Waals surface area (Å²) in [6.07, 6.45) is 3.89. The van der Waals surface area contributed by atoms with Crippen molar-refractivity contribution in [1.82, 2.24) is 9.97 Å². The van der Waals surface area contributed by atoms with E-state index in [4.69, 9.17) is 0 Å². The highest BCUT2D eigenvalue weighted by molar-refractivity contribution is 6.08. The molecule has 34 heavy (non-hydrogen) atoms. The summed E-state index contributed by atoms with van der Waals surface area (Å²) in [6.45, 7) is 0.484. The average Bonchev–Trinajstić information content (AvgIpc) is 3.05. The molecule has 0 saturated carbocycles. The van der Waals surface area contributed by atoms with Gasteiger partial charge in [0, 0.05) is 25.1 Å². The molecule has 168 valence electrons. The smallest absolute Gasteiger partial charge is 0.260 e. The molecule has 0 atom stereocenters. The number of pyridine rings is 2. The number of hydrogen-bond donors (Lipinski definition) is 2. The van der Waals surface area contributed by atoms with Crippen LogP contribution in [-0.4, -0.2) is 28.8 Å². The molecule has 2 amide bonds. The van der Waals surface area contributed by atoms with Crippen LogP contribution in [0.2, 0.25) is 0 Å². The number of fused-ring (bicyclic) bond motifs is 2. The molecular weight excluding hydrogens is 426 g/mol. The van der Waals surface area contributed by atoms with Gasteiger partial charge in [-0.2, -0.15) is 0 Å². The van der Waals surface area contributed by atoms with Crippen LogP contribution in [0.3, 0.4) is 0 Å². The highest BCUT2D eigenvalue weighted by Gasteiger charge is 2.25. The number of rotatable bonds is 4. The summed E-state index contributed by atoms with van der Waals surface area (Å²) >= 11 is 0. The lowest BCUT2D eigenvalue weighted by Gasteiger charge is -2.23. The Labute approximate surface area is 197 Å². The first-order chi connectivity index (χ1) is 16.6. The van der Waals surface area contributed by atoms with Gasteiger partial charge < -0.3 is 15.5 Å². The molecule has 0 aliphatic carbocycles. The van der Waals surface area contributed by atoms with Crippen molar-refractivity contribution in [3.05, 3.63) is 113 Å². The van der Waals surface area contributed by atoms with Gasteiger partial charge in [0.05, 0.1) is 17.7 Å². The lowest BCUT2D eigenvalue weighted by atomic mass is 10.0. The minimum atomic E-state index is -0.331. The summed E-state index contributed by atoms with van der Waals surface area (Å²) in [6, 6.07) is 22.9. The number of anilines is 3. The Morgan fingerprint density at radius 2 is 1.62 bits per heavy atom. The Morgan fingerprint density at radius 1 is 0.853 bits per heavy atom. The van der Waals surface area contributed by atoms with E-state index < -0.39 is 0 Å². The summed E-state index contributed by atoms with van der Waals surface area (Å²) in [4.78, 5) is 36.5. The lowest BCUT2D eigenvalue weighted by Crippen LogP contribution is -2.30. The number of hydrogen-bond acceptors (Lipinski definition) is 5. The fraction of sp³-hybridized carbons (Fsp3) is 0.111. The molecule has 7 heteroatoms. The largest absolute Gasteiger partial charge is 0.372 e. The van der Waals surface area contributed by atoms with Crippen LogP contribution in [0.1, 0.15) is 37.4 Å². The van der Waals surface area contributed by atoms with Gasteiger partial charge in [0.15, 0.2) is 0 Å². The zero-order valence-electron chi connectivity index (χ0n) is 18.7. The van der Waals surface area contributed by atoms with Gasteiger partial charge in [0.1, 0.15) is 11.6 Å². The molecule has 1 aliphatic heterocycles. The summed E-state index contributed by atoms with van der Waals surface area (Å²) in [5.41, 5.74) is 5.21. The van der Waals surface area contributed by atoms with E-state index in [1.807, 2.05) is 30.3 Å². The second kappa shape index (κ2) is 9.15. The van der Waals surface area contributed by atoms with Crippen LogP contribution in [0.5, 0.6) is 0 Å². The zero-order chi connectivity index (χ0) is 23.5. The van der Waals surface area contributed by atoms with Crippen LogP contribution in [-0.2, 0) is 13.0 Å². The third-order valence-corrected chi connectivity index (χ3v) is 5.90. The van der Waals surface area contributed by atoms with Crippen molar-refractivity contribution in [1.29, 1.82) is 0 Å². The highest BCUT2D eigenvalue weighted by atomic mass is 16.2. The number of amides is 2. The molecule has 5 rings (SSSR count). The van der Waals surface area contributed by atoms with Crippen LogP contribution in [0.15, 0.2) is 85.2 Å². The van der Waals surface area contributed by atoms with E-state index >= 15 is 0 Å². The summed E-state index contributed by atoms with van der Waals surface area (Å²) < 4.78 is 0. The van der Waals surface area contributed by atoms with Crippen molar-refractivity contribution in [2.45, 2.75) is 13.0 Å². The van der Waals surface area contributed by atoms with Crippen molar-refractivity contribution in [3.8, 4) is 0 Å². The van der Waals surface area contributed by atoms with Crippen LogP contribution in [0.4, 0.5) is 17.3 Å². The van der Waals surface area contributed by atoms with Crippen molar-refractivity contribution in [3.63, 3.8) is 0 Å². The van der Waals surface area contributed by atoms with E-state index in [0.29, 0.717) is 29.3 Å². The Kier molecular flexibility index (Phi) is 5.74. The third kappa shape index (κ3) is 4.11. The maximum Gasteiger partial charge on any atom is 0.260 e.